The van der Waals surface area contributed by atoms with Gasteiger partial charge in [0.05, 0.1) is 12.4 Å². The molecule has 0 amide bonds. The van der Waals surface area contributed by atoms with Gasteiger partial charge in [-0.3, -0.25) is 0 Å². The number of hydrogen-bond donors (Lipinski definition) is 1. The third-order valence-corrected chi connectivity index (χ3v) is 2.83. The van der Waals surface area contributed by atoms with Crippen LogP contribution in [0.25, 0.3) is 0 Å². The van der Waals surface area contributed by atoms with Gasteiger partial charge in [0.15, 0.2) is 5.82 Å². The average Bonchev–Trinajstić information content (AvgIpc) is 2.06. The summed E-state index contributed by atoms with van der Waals surface area (Å²) in [5.41, 5.74) is 0. The first kappa shape index (κ1) is 9.37. The fraction of sp³-hybridized carbons (Fsp3) is 0.600. The van der Waals surface area contributed by atoms with Crippen molar-refractivity contribution in [3.63, 3.8) is 0 Å². The lowest BCUT2D eigenvalue weighted by atomic mass is 9.80. The highest BCUT2D eigenvalue weighted by molar-refractivity contribution is 5.24. The molecule has 4 heteroatoms. The number of nitrogens with zero attached hydrogens (tertiary/aromatic N) is 2. The Balaban J connectivity index is 1.92. The second-order valence-electron chi connectivity index (χ2n) is 3.85. The maximum atomic E-state index is 12.5. The Morgan fingerprint density at radius 3 is 2.57 bits per heavy atom. The van der Waals surface area contributed by atoms with Crippen molar-refractivity contribution in [2.24, 2.45) is 5.92 Å². The summed E-state index contributed by atoms with van der Waals surface area (Å²) >= 11 is 0. The quantitative estimate of drug-likeness (QED) is 0.803. The van der Waals surface area contributed by atoms with Crippen LogP contribution in [-0.4, -0.2) is 16.0 Å². The molecule has 14 heavy (non-hydrogen) atoms. The van der Waals surface area contributed by atoms with Crippen molar-refractivity contribution in [2.45, 2.75) is 32.2 Å². The number of halogens is 1. The molecule has 0 aliphatic heterocycles. The van der Waals surface area contributed by atoms with Crippen molar-refractivity contribution in [1.82, 2.24) is 9.97 Å². The number of rotatable bonds is 3. The fourth-order valence-corrected chi connectivity index (χ4v) is 1.65. The van der Waals surface area contributed by atoms with E-state index in [4.69, 9.17) is 0 Å². The first-order chi connectivity index (χ1) is 6.75. The zero-order valence-electron chi connectivity index (χ0n) is 8.20. The molecule has 2 rings (SSSR count). The Bertz CT molecular complexity index is 295. The highest BCUT2D eigenvalue weighted by atomic mass is 19.1. The summed E-state index contributed by atoms with van der Waals surface area (Å²) in [5, 5.41) is 3.18. The fourth-order valence-electron chi connectivity index (χ4n) is 1.65. The molecule has 0 saturated heterocycles. The zero-order valence-corrected chi connectivity index (χ0v) is 8.20. The van der Waals surface area contributed by atoms with Gasteiger partial charge in [-0.1, -0.05) is 6.42 Å². The van der Waals surface area contributed by atoms with E-state index in [1.165, 1.54) is 31.7 Å². The lowest BCUT2D eigenvalue weighted by Crippen LogP contribution is -2.31. The van der Waals surface area contributed by atoms with Crippen LogP contribution in [0.2, 0.25) is 0 Å². The molecule has 1 aromatic heterocycles. The van der Waals surface area contributed by atoms with Gasteiger partial charge < -0.3 is 5.32 Å². The van der Waals surface area contributed by atoms with E-state index in [-0.39, 0.29) is 0 Å². The normalized spacial score (nSPS) is 18.7. The van der Waals surface area contributed by atoms with Gasteiger partial charge in [0.2, 0.25) is 5.95 Å². The monoisotopic (exact) mass is 195 g/mol. The Hall–Kier alpha value is -1.19. The predicted octanol–water partition coefficient (Wildman–Crippen LogP) is 2.22. The van der Waals surface area contributed by atoms with Crippen LogP contribution in [0.15, 0.2) is 12.4 Å². The Morgan fingerprint density at radius 2 is 2.07 bits per heavy atom. The van der Waals surface area contributed by atoms with Gasteiger partial charge in [0.1, 0.15) is 0 Å². The third-order valence-electron chi connectivity index (χ3n) is 2.83. The molecule has 1 fully saturated rings. The van der Waals surface area contributed by atoms with E-state index in [0.29, 0.717) is 12.0 Å². The number of nitrogens with one attached hydrogen (secondary N) is 1. The first-order valence-electron chi connectivity index (χ1n) is 5.00. The summed E-state index contributed by atoms with van der Waals surface area (Å²) in [7, 11) is 0. The Morgan fingerprint density at radius 1 is 1.43 bits per heavy atom. The molecule has 0 spiro atoms. The van der Waals surface area contributed by atoms with Gasteiger partial charge in [-0.15, -0.1) is 0 Å². The van der Waals surface area contributed by atoms with Crippen LogP contribution < -0.4 is 5.32 Å². The molecule has 0 radical (unpaired) electrons. The maximum Gasteiger partial charge on any atom is 0.222 e. The predicted molar refractivity (Wildman–Crippen MR) is 52.4 cm³/mol. The highest BCUT2D eigenvalue weighted by Crippen LogP contribution is 2.30. The minimum Gasteiger partial charge on any atom is -0.351 e. The summed E-state index contributed by atoms with van der Waals surface area (Å²) in [6.07, 6.45) is 6.23. The minimum atomic E-state index is -0.396. The Labute approximate surface area is 82.8 Å². The van der Waals surface area contributed by atoms with Crippen LogP contribution in [0.4, 0.5) is 10.3 Å². The first-order valence-corrected chi connectivity index (χ1v) is 5.00. The summed E-state index contributed by atoms with van der Waals surface area (Å²) in [4.78, 5) is 7.72. The highest BCUT2D eigenvalue weighted by Gasteiger charge is 2.24. The van der Waals surface area contributed by atoms with E-state index in [2.05, 4.69) is 22.2 Å². The molecule has 0 unspecified atom stereocenters. The summed E-state index contributed by atoms with van der Waals surface area (Å²) in [5.74, 6) is 0.848. The molecular weight excluding hydrogens is 181 g/mol. The SMILES string of the molecule is C[C@H](Nc1ncc(F)cn1)C1CCC1. The van der Waals surface area contributed by atoms with Crippen molar-refractivity contribution in [2.75, 3.05) is 5.32 Å². The van der Waals surface area contributed by atoms with Crippen LogP contribution in [-0.2, 0) is 0 Å². The van der Waals surface area contributed by atoms with Crippen LogP contribution in [0.1, 0.15) is 26.2 Å². The van der Waals surface area contributed by atoms with E-state index in [1.54, 1.807) is 0 Å². The van der Waals surface area contributed by atoms with Crippen molar-refractivity contribution in [3.05, 3.63) is 18.2 Å². The van der Waals surface area contributed by atoms with Crippen molar-refractivity contribution in [1.29, 1.82) is 0 Å². The van der Waals surface area contributed by atoms with Crippen LogP contribution >= 0.6 is 0 Å². The van der Waals surface area contributed by atoms with E-state index in [9.17, 15) is 4.39 Å². The Kier molecular flexibility index (Phi) is 2.61. The molecule has 1 atom stereocenters. The molecule has 76 valence electrons. The second-order valence-corrected chi connectivity index (χ2v) is 3.85. The molecule has 0 aromatic carbocycles. The lowest BCUT2D eigenvalue weighted by molar-refractivity contribution is 0.284. The third kappa shape index (κ3) is 2.00. The standard InChI is InChI=1S/C10H14FN3/c1-7(8-3-2-4-8)14-10-12-5-9(11)6-13-10/h5-8H,2-4H2,1H3,(H,12,13,14)/t7-/m0/s1. The van der Waals surface area contributed by atoms with Gasteiger partial charge in [-0.25, -0.2) is 14.4 Å². The molecule has 1 heterocycles. The molecule has 3 nitrogen and oxygen atoms in total. The van der Waals surface area contributed by atoms with E-state index in [0.717, 1.165) is 5.92 Å². The largest absolute Gasteiger partial charge is 0.351 e. The lowest BCUT2D eigenvalue weighted by Gasteiger charge is -2.31. The summed E-state index contributed by atoms with van der Waals surface area (Å²) < 4.78 is 12.5. The van der Waals surface area contributed by atoms with Gasteiger partial charge in [-0.05, 0) is 25.7 Å². The number of anilines is 1. The summed E-state index contributed by atoms with van der Waals surface area (Å²) in [6, 6.07) is 0.384. The molecular formula is C10H14FN3. The topological polar surface area (TPSA) is 37.8 Å². The van der Waals surface area contributed by atoms with Crippen LogP contribution in [0, 0.1) is 11.7 Å². The molecule has 1 aromatic rings. The van der Waals surface area contributed by atoms with Crippen molar-refractivity contribution in [3.8, 4) is 0 Å². The molecule has 1 N–H and O–H groups in total. The van der Waals surface area contributed by atoms with Gasteiger partial charge in [0, 0.05) is 6.04 Å². The van der Waals surface area contributed by atoms with E-state index >= 15 is 0 Å². The van der Waals surface area contributed by atoms with Crippen LogP contribution in [0.5, 0.6) is 0 Å². The molecule has 1 saturated carbocycles. The number of aromatic nitrogens is 2. The molecule has 1 aliphatic rings. The van der Waals surface area contributed by atoms with E-state index < -0.39 is 5.82 Å². The van der Waals surface area contributed by atoms with Crippen molar-refractivity contribution >= 4 is 5.95 Å². The smallest absolute Gasteiger partial charge is 0.222 e. The van der Waals surface area contributed by atoms with Crippen molar-refractivity contribution < 1.29 is 4.39 Å². The molecule has 1 aliphatic carbocycles. The summed E-state index contributed by atoms with van der Waals surface area (Å²) in [6.45, 7) is 2.12. The van der Waals surface area contributed by atoms with Gasteiger partial charge in [0.25, 0.3) is 0 Å². The number of hydrogen-bond acceptors (Lipinski definition) is 3. The van der Waals surface area contributed by atoms with Gasteiger partial charge in [-0.2, -0.15) is 0 Å². The minimum absolute atomic E-state index is 0.384. The zero-order chi connectivity index (χ0) is 9.97. The molecule has 0 bridgehead atoms. The van der Waals surface area contributed by atoms with Gasteiger partial charge >= 0.3 is 0 Å². The van der Waals surface area contributed by atoms with Crippen LogP contribution in [0.3, 0.4) is 0 Å². The average molecular weight is 195 g/mol. The second kappa shape index (κ2) is 3.90. The van der Waals surface area contributed by atoms with E-state index in [1.807, 2.05) is 0 Å². The maximum absolute atomic E-state index is 12.5.